The molecule has 1 amide bonds. The molecule has 3 heterocycles. The van der Waals surface area contributed by atoms with Crippen molar-refractivity contribution < 1.29 is 35.9 Å². The molecule has 0 bridgehead atoms. The molecule has 0 aliphatic rings. The predicted molar refractivity (Wildman–Crippen MR) is 136 cm³/mol. The fourth-order valence-electron chi connectivity index (χ4n) is 4.36. The van der Waals surface area contributed by atoms with Gasteiger partial charge < -0.3 is 9.72 Å². The second kappa shape index (κ2) is 10.9. The summed E-state index contributed by atoms with van der Waals surface area (Å²) in [5.74, 6) is -2.95. The van der Waals surface area contributed by atoms with E-state index in [-0.39, 0.29) is 17.8 Å². The molecular weight excluding hydrogens is 568 g/mol. The summed E-state index contributed by atoms with van der Waals surface area (Å²) in [6, 6.07) is 11.9. The number of nitrogens with one attached hydrogen (secondary N) is 1. The summed E-state index contributed by atoms with van der Waals surface area (Å²) in [7, 11) is 0. The predicted octanol–water partition coefficient (Wildman–Crippen LogP) is 6.45. The van der Waals surface area contributed by atoms with Crippen molar-refractivity contribution in [2.45, 2.75) is 25.0 Å². The minimum atomic E-state index is -5.32. The molecule has 0 fully saturated rings. The maximum atomic E-state index is 13.6. The van der Waals surface area contributed by atoms with Crippen molar-refractivity contribution >= 4 is 28.3 Å². The number of aromatic nitrogens is 5. The summed E-state index contributed by atoms with van der Waals surface area (Å²) < 4.78 is 83.8. The SMILES string of the molecule is N#CCC(c1cccc(N(C(=O)C(F)(F)F)c2ccc(OC(F)(F)F)cc2)c1)n1cc(-c2ncnc3[nH]ccc23)cn1. The molecular formula is C27H17F6N7O2. The zero-order valence-electron chi connectivity index (χ0n) is 21.1. The number of aromatic amines is 1. The van der Waals surface area contributed by atoms with E-state index in [0.717, 1.165) is 29.7 Å². The van der Waals surface area contributed by atoms with Crippen molar-refractivity contribution in [3.05, 3.63) is 85.1 Å². The summed E-state index contributed by atoms with van der Waals surface area (Å²) in [5.41, 5.74) is 1.51. The molecule has 1 atom stereocenters. The molecule has 1 N–H and O–H groups in total. The summed E-state index contributed by atoms with van der Waals surface area (Å²) in [5, 5.41) is 14.6. The van der Waals surface area contributed by atoms with Crippen LogP contribution >= 0.6 is 0 Å². The third-order valence-electron chi connectivity index (χ3n) is 6.12. The molecule has 0 aliphatic carbocycles. The Kier molecular flexibility index (Phi) is 7.29. The van der Waals surface area contributed by atoms with Crippen LogP contribution in [0.25, 0.3) is 22.3 Å². The zero-order valence-corrected chi connectivity index (χ0v) is 21.1. The van der Waals surface area contributed by atoms with Gasteiger partial charge in [-0.15, -0.1) is 13.2 Å². The highest BCUT2D eigenvalue weighted by molar-refractivity contribution is 6.03. The van der Waals surface area contributed by atoms with Gasteiger partial charge in [-0.05, 0) is 48.0 Å². The van der Waals surface area contributed by atoms with Gasteiger partial charge >= 0.3 is 18.4 Å². The second-order valence-corrected chi connectivity index (χ2v) is 8.82. The summed E-state index contributed by atoms with van der Waals surface area (Å²) in [6.45, 7) is 0. The van der Waals surface area contributed by atoms with Crippen molar-refractivity contribution in [1.29, 1.82) is 5.26 Å². The first-order valence-corrected chi connectivity index (χ1v) is 12.0. The van der Waals surface area contributed by atoms with Crippen LogP contribution in [0.15, 0.2) is 79.5 Å². The van der Waals surface area contributed by atoms with Gasteiger partial charge in [-0.1, -0.05) is 12.1 Å². The lowest BCUT2D eigenvalue weighted by molar-refractivity contribution is -0.274. The summed E-state index contributed by atoms with van der Waals surface area (Å²) in [4.78, 5) is 24.3. The Morgan fingerprint density at radius 2 is 1.81 bits per heavy atom. The van der Waals surface area contributed by atoms with Crippen LogP contribution in [-0.4, -0.2) is 43.2 Å². The Labute approximate surface area is 232 Å². The lowest BCUT2D eigenvalue weighted by atomic mass is 10.0. The number of carbonyl (C=O) groups excluding carboxylic acids is 1. The van der Waals surface area contributed by atoms with Gasteiger partial charge in [-0.2, -0.15) is 23.5 Å². The lowest BCUT2D eigenvalue weighted by Crippen LogP contribution is -2.38. The lowest BCUT2D eigenvalue weighted by Gasteiger charge is -2.25. The molecule has 0 spiro atoms. The van der Waals surface area contributed by atoms with Crippen LogP contribution in [0.4, 0.5) is 37.7 Å². The van der Waals surface area contributed by atoms with E-state index < -0.39 is 30.2 Å². The van der Waals surface area contributed by atoms with Crippen molar-refractivity contribution in [1.82, 2.24) is 24.7 Å². The van der Waals surface area contributed by atoms with Crippen molar-refractivity contribution in [3.8, 4) is 23.1 Å². The Morgan fingerprint density at radius 3 is 2.50 bits per heavy atom. The minimum Gasteiger partial charge on any atom is -0.406 e. The van der Waals surface area contributed by atoms with E-state index in [1.54, 1.807) is 24.5 Å². The van der Waals surface area contributed by atoms with Gasteiger partial charge in [0.25, 0.3) is 0 Å². The molecule has 0 aliphatic heterocycles. The second-order valence-electron chi connectivity index (χ2n) is 8.82. The Morgan fingerprint density at radius 1 is 1.05 bits per heavy atom. The highest BCUT2D eigenvalue weighted by atomic mass is 19.4. The first-order valence-electron chi connectivity index (χ1n) is 12.0. The molecule has 214 valence electrons. The van der Waals surface area contributed by atoms with Crippen LogP contribution in [0.5, 0.6) is 5.75 Å². The number of alkyl halides is 6. The first kappa shape index (κ1) is 28.1. The summed E-state index contributed by atoms with van der Waals surface area (Å²) in [6.07, 6.45) is -4.25. The summed E-state index contributed by atoms with van der Waals surface area (Å²) >= 11 is 0. The average molecular weight is 585 g/mol. The van der Waals surface area contributed by atoms with Gasteiger partial charge in [-0.25, -0.2) is 9.97 Å². The van der Waals surface area contributed by atoms with E-state index in [4.69, 9.17) is 0 Å². The van der Waals surface area contributed by atoms with E-state index in [1.807, 2.05) is 6.07 Å². The van der Waals surface area contributed by atoms with Crippen LogP contribution in [-0.2, 0) is 4.79 Å². The number of hydrogen-bond acceptors (Lipinski definition) is 6. The maximum absolute atomic E-state index is 13.6. The number of benzene rings is 2. The number of fused-ring (bicyclic) bond motifs is 1. The highest BCUT2D eigenvalue weighted by Crippen LogP contribution is 2.35. The normalized spacial score (nSPS) is 12.6. The fraction of sp³-hybridized carbons (Fsp3) is 0.148. The molecule has 9 nitrogen and oxygen atoms in total. The standard InChI is InChI=1S/C27H17F6N7O2/c28-26(29,30)25(41)40(18-4-6-20(7-5-18)42-27(31,32)33)19-3-1-2-16(12-19)22(8-10-34)39-14-17(13-38-39)23-21-9-11-35-24(21)37-15-36-23/h1-7,9,11-15,22H,8H2,(H,35,36,37). The topological polar surface area (TPSA) is 113 Å². The number of carbonyl (C=O) groups is 1. The number of H-pyrrole nitrogens is 1. The molecule has 1 unspecified atom stereocenters. The molecule has 0 saturated carbocycles. The molecule has 3 aromatic heterocycles. The number of nitrogens with zero attached hydrogens (tertiary/aromatic N) is 6. The number of amides is 1. The maximum Gasteiger partial charge on any atom is 0.573 e. The van der Waals surface area contributed by atoms with Crippen molar-refractivity contribution in [2.24, 2.45) is 0 Å². The van der Waals surface area contributed by atoms with E-state index in [2.05, 4.69) is 24.8 Å². The number of hydrogen-bond donors (Lipinski definition) is 1. The van der Waals surface area contributed by atoms with Crippen LogP contribution < -0.4 is 9.64 Å². The van der Waals surface area contributed by atoms with Gasteiger partial charge in [0.1, 0.15) is 17.7 Å². The third-order valence-corrected chi connectivity index (χ3v) is 6.12. The van der Waals surface area contributed by atoms with Crippen LogP contribution in [0.2, 0.25) is 0 Å². The Balaban J connectivity index is 1.52. The number of nitriles is 1. The fourth-order valence-corrected chi connectivity index (χ4v) is 4.36. The van der Waals surface area contributed by atoms with E-state index in [9.17, 15) is 36.4 Å². The number of rotatable bonds is 7. The largest absolute Gasteiger partial charge is 0.573 e. The highest BCUT2D eigenvalue weighted by Gasteiger charge is 2.44. The first-order chi connectivity index (χ1) is 19.9. The van der Waals surface area contributed by atoms with Gasteiger partial charge in [0.15, 0.2) is 0 Å². The van der Waals surface area contributed by atoms with Crippen LogP contribution in [0.3, 0.4) is 0 Å². The Bertz CT molecular complexity index is 1770. The smallest absolute Gasteiger partial charge is 0.406 e. The quantitative estimate of drug-likeness (QED) is 0.220. The van der Waals surface area contributed by atoms with E-state index in [1.165, 1.54) is 35.4 Å². The van der Waals surface area contributed by atoms with Gasteiger partial charge in [0.05, 0.1) is 30.4 Å². The average Bonchev–Trinajstić information content (AvgIpc) is 3.62. The van der Waals surface area contributed by atoms with Crippen molar-refractivity contribution in [2.75, 3.05) is 4.90 Å². The molecule has 0 saturated heterocycles. The molecule has 5 rings (SSSR count). The van der Waals surface area contributed by atoms with E-state index in [0.29, 0.717) is 27.4 Å². The van der Waals surface area contributed by atoms with Crippen molar-refractivity contribution in [3.63, 3.8) is 0 Å². The van der Waals surface area contributed by atoms with Crippen LogP contribution in [0, 0.1) is 11.3 Å². The molecule has 5 aromatic rings. The number of anilines is 2. The molecule has 42 heavy (non-hydrogen) atoms. The zero-order chi connectivity index (χ0) is 30.1. The van der Waals surface area contributed by atoms with Gasteiger partial charge in [0.2, 0.25) is 0 Å². The van der Waals surface area contributed by atoms with Gasteiger partial charge in [-0.3, -0.25) is 14.4 Å². The monoisotopic (exact) mass is 585 g/mol. The third kappa shape index (κ3) is 5.87. The minimum absolute atomic E-state index is 0.134. The molecule has 2 aromatic carbocycles. The number of halogens is 6. The number of ether oxygens (including phenoxy) is 1. The van der Waals surface area contributed by atoms with Crippen LogP contribution in [0.1, 0.15) is 18.0 Å². The Hall–Kier alpha value is -5.39. The molecule has 0 radical (unpaired) electrons. The molecule has 15 heteroatoms. The van der Waals surface area contributed by atoms with E-state index >= 15 is 0 Å². The van der Waals surface area contributed by atoms with Gasteiger partial charge in [0, 0.05) is 34.7 Å².